The van der Waals surface area contributed by atoms with E-state index in [1.807, 2.05) is 0 Å². The van der Waals surface area contributed by atoms with E-state index in [0.29, 0.717) is 10.6 Å². The van der Waals surface area contributed by atoms with E-state index >= 15 is 0 Å². The summed E-state index contributed by atoms with van der Waals surface area (Å²) in [5.74, 6) is -0.805. The van der Waals surface area contributed by atoms with Crippen molar-refractivity contribution in [3.8, 4) is 0 Å². The number of anilines is 1. The third-order valence-corrected chi connectivity index (χ3v) is 3.40. The fourth-order valence-electron chi connectivity index (χ4n) is 1.08. The summed E-state index contributed by atoms with van der Waals surface area (Å²) in [4.78, 5) is 15.7. The lowest BCUT2D eigenvalue weighted by molar-refractivity contribution is 0.103. The molecule has 0 unspecified atom stereocenters. The molecule has 0 saturated carbocycles. The van der Waals surface area contributed by atoms with E-state index in [2.05, 4.69) is 26.2 Å². The number of rotatable bonds is 2. The van der Waals surface area contributed by atoms with Crippen molar-refractivity contribution in [1.29, 1.82) is 0 Å². The predicted molar refractivity (Wildman–Crippen MR) is 64.2 cm³/mol. The smallest absolute Gasteiger partial charge is 0.265 e. The summed E-state index contributed by atoms with van der Waals surface area (Å²) in [7, 11) is 0. The van der Waals surface area contributed by atoms with Crippen molar-refractivity contribution < 1.29 is 9.18 Å². The van der Waals surface area contributed by atoms with Gasteiger partial charge in [-0.3, -0.25) is 4.79 Å². The molecule has 0 saturated heterocycles. The predicted octanol–water partition coefficient (Wildman–Crippen LogP) is 3.30. The van der Waals surface area contributed by atoms with E-state index in [0.717, 1.165) is 3.79 Å². The Bertz CT molecular complexity index is 512. The van der Waals surface area contributed by atoms with Crippen molar-refractivity contribution in [3.63, 3.8) is 0 Å². The van der Waals surface area contributed by atoms with Gasteiger partial charge >= 0.3 is 0 Å². The minimum atomic E-state index is -0.572. The summed E-state index contributed by atoms with van der Waals surface area (Å²) in [6, 6.07) is 6.16. The summed E-state index contributed by atoms with van der Waals surface area (Å²) in [6.45, 7) is 0. The normalized spacial score (nSPS) is 10.1. The first kappa shape index (κ1) is 11.2. The molecule has 0 aromatic carbocycles. The molecule has 6 heteroatoms. The fourth-order valence-corrected chi connectivity index (χ4v) is 2.36. The molecule has 0 spiro atoms. The highest BCUT2D eigenvalue weighted by Crippen LogP contribution is 2.22. The van der Waals surface area contributed by atoms with Crippen LogP contribution in [0.25, 0.3) is 0 Å². The highest BCUT2D eigenvalue weighted by Gasteiger charge is 2.08. The second-order valence-electron chi connectivity index (χ2n) is 2.93. The molecule has 0 aliphatic carbocycles. The minimum Gasteiger partial charge on any atom is -0.320 e. The lowest BCUT2D eigenvalue weighted by Gasteiger charge is -2.01. The summed E-state index contributed by atoms with van der Waals surface area (Å²) < 4.78 is 13.4. The number of nitrogens with one attached hydrogen (secondary N) is 1. The Morgan fingerprint density at radius 3 is 2.75 bits per heavy atom. The van der Waals surface area contributed by atoms with E-state index in [1.54, 1.807) is 12.1 Å². The summed E-state index contributed by atoms with van der Waals surface area (Å²) >= 11 is 4.60. The Kier molecular flexibility index (Phi) is 3.31. The van der Waals surface area contributed by atoms with Gasteiger partial charge in [0.05, 0.1) is 20.5 Å². The molecular weight excluding hydrogens is 295 g/mol. The fraction of sp³-hybridized carbons (Fsp3) is 0. The monoisotopic (exact) mass is 300 g/mol. The molecule has 0 fully saturated rings. The number of amides is 1. The van der Waals surface area contributed by atoms with Crippen LogP contribution in [0.2, 0.25) is 0 Å². The summed E-state index contributed by atoms with van der Waals surface area (Å²) in [6.07, 6.45) is 1.27. The van der Waals surface area contributed by atoms with E-state index in [-0.39, 0.29) is 5.91 Å². The van der Waals surface area contributed by atoms with Crippen molar-refractivity contribution in [2.24, 2.45) is 0 Å². The van der Waals surface area contributed by atoms with Gasteiger partial charge in [-0.25, -0.2) is 4.98 Å². The van der Waals surface area contributed by atoms with Gasteiger partial charge in [0.1, 0.15) is 0 Å². The van der Waals surface area contributed by atoms with E-state index in [9.17, 15) is 9.18 Å². The minimum absolute atomic E-state index is 0.232. The number of hydrogen-bond donors (Lipinski definition) is 1. The number of halogens is 2. The first-order valence-corrected chi connectivity index (χ1v) is 5.94. The molecule has 0 atom stereocenters. The van der Waals surface area contributed by atoms with Crippen molar-refractivity contribution in [1.82, 2.24) is 4.98 Å². The van der Waals surface area contributed by atoms with Gasteiger partial charge in [0, 0.05) is 0 Å². The van der Waals surface area contributed by atoms with Gasteiger partial charge in [0.2, 0.25) is 5.95 Å². The van der Waals surface area contributed by atoms with Crippen LogP contribution in [0.4, 0.5) is 10.1 Å². The molecule has 0 radical (unpaired) electrons. The lowest BCUT2D eigenvalue weighted by Crippen LogP contribution is -2.10. The highest BCUT2D eigenvalue weighted by atomic mass is 79.9. The van der Waals surface area contributed by atoms with Gasteiger partial charge in [0.25, 0.3) is 5.91 Å². The number of hydrogen-bond acceptors (Lipinski definition) is 3. The van der Waals surface area contributed by atoms with Gasteiger partial charge in [-0.05, 0) is 40.2 Å². The topological polar surface area (TPSA) is 42.0 Å². The third kappa shape index (κ3) is 2.65. The van der Waals surface area contributed by atoms with Crippen molar-refractivity contribution >= 4 is 38.9 Å². The average molecular weight is 301 g/mol. The van der Waals surface area contributed by atoms with Crippen LogP contribution < -0.4 is 5.32 Å². The van der Waals surface area contributed by atoms with Crippen LogP contribution in [0.3, 0.4) is 0 Å². The maximum absolute atomic E-state index is 12.5. The standard InChI is InChI=1S/C10H6BrFN2OS/c11-8-3-2-7(16-8)10(15)14-6-1-4-9(12)13-5-6/h1-5H,(H,14,15). The van der Waals surface area contributed by atoms with Gasteiger partial charge in [-0.2, -0.15) is 4.39 Å². The molecule has 3 nitrogen and oxygen atoms in total. The summed E-state index contributed by atoms with van der Waals surface area (Å²) in [5.41, 5.74) is 0.468. The summed E-state index contributed by atoms with van der Waals surface area (Å²) in [5, 5.41) is 2.62. The molecule has 2 aromatic rings. The maximum Gasteiger partial charge on any atom is 0.265 e. The number of aromatic nitrogens is 1. The Hall–Kier alpha value is -1.27. The van der Waals surface area contributed by atoms with E-state index < -0.39 is 5.95 Å². The number of carbonyl (C=O) groups is 1. The van der Waals surface area contributed by atoms with Crippen molar-refractivity contribution in [3.05, 3.63) is 45.1 Å². The lowest BCUT2D eigenvalue weighted by atomic mass is 10.4. The first-order valence-electron chi connectivity index (χ1n) is 4.33. The van der Waals surface area contributed by atoms with E-state index in [1.165, 1.54) is 29.7 Å². The molecule has 1 N–H and O–H groups in total. The van der Waals surface area contributed by atoms with Gasteiger partial charge in [-0.15, -0.1) is 11.3 Å². The highest BCUT2D eigenvalue weighted by molar-refractivity contribution is 9.11. The Labute approximate surface area is 103 Å². The Balaban J connectivity index is 2.10. The Morgan fingerprint density at radius 1 is 1.38 bits per heavy atom. The molecule has 2 heterocycles. The van der Waals surface area contributed by atoms with Crippen LogP contribution in [0, 0.1) is 5.95 Å². The van der Waals surface area contributed by atoms with Crippen LogP contribution in [0.1, 0.15) is 9.67 Å². The van der Waals surface area contributed by atoms with E-state index in [4.69, 9.17) is 0 Å². The third-order valence-electron chi connectivity index (χ3n) is 1.78. The zero-order chi connectivity index (χ0) is 11.5. The SMILES string of the molecule is O=C(Nc1ccc(F)nc1)c1ccc(Br)s1. The van der Waals surface area contributed by atoms with Crippen LogP contribution in [-0.4, -0.2) is 10.9 Å². The van der Waals surface area contributed by atoms with Gasteiger partial charge in [-0.1, -0.05) is 0 Å². The molecule has 0 bridgehead atoms. The molecule has 16 heavy (non-hydrogen) atoms. The van der Waals surface area contributed by atoms with Crippen LogP contribution in [-0.2, 0) is 0 Å². The molecule has 2 aromatic heterocycles. The zero-order valence-corrected chi connectivity index (χ0v) is 10.3. The largest absolute Gasteiger partial charge is 0.320 e. The molecule has 2 rings (SSSR count). The van der Waals surface area contributed by atoms with Gasteiger partial charge < -0.3 is 5.32 Å². The van der Waals surface area contributed by atoms with Crippen molar-refractivity contribution in [2.45, 2.75) is 0 Å². The molecule has 82 valence electrons. The zero-order valence-electron chi connectivity index (χ0n) is 7.91. The second kappa shape index (κ2) is 4.71. The Morgan fingerprint density at radius 2 is 2.19 bits per heavy atom. The van der Waals surface area contributed by atoms with Crippen LogP contribution >= 0.6 is 27.3 Å². The molecule has 0 aliphatic heterocycles. The van der Waals surface area contributed by atoms with Crippen LogP contribution in [0.5, 0.6) is 0 Å². The molecular formula is C10H6BrFN2OS. The van der Waals surface area contributed by atoms with Crippen molar-refractivity contribution in [2.75, 3.05) is 5.32 Å². The van der Waals surface area contributed by atoms with Gasteiger partial charge in [0.15, 0.2) is 0 Å². The maximum atomic E-state index is 12.5. The first-order chi connectivity index (χ1) is 7.65. The van der Waals surface area contributed by atoms with Crippen LogP contribution in [0.15, 0.2) is 34.2 Å². The molecule has 1 amide bonds. The number of nitrogens with zero attached hydrogens (tertiary/aromatic N) is 1. The number of thiophene rings is 1. The quantitative estimate of drug-likeness (QED) is 0.865. The second-order valence-corrected chi connectivity index (χ2v) is 5.39. The number of carbonyl (C=O) groups excluding carboxylic acids is 1. The molecule has 0 aliphatic rings. The number of pyridine rings is 1. The average Bonchev–Trinajstić information content (AvgIpc) is 2.68.